The van der Waals surface area contributed by atoms with Crippen LogP contribution in [0.15, 0.2) is 108 Å². The van der Waals surface area contributed by atoms with E-state index >= 15 is 0 Å². The average molecular weight is 642 g/mol. The van der Waals surface area contributed by atoms with Crippen LogP contribution >= 0.6 is 0 Å². The van der Waals surface area contributed by atoms with Gasteiger partial charge in [0.05, 0.1) is 17.2 Å². The first-order valence-electron chi connectivity index (χ1n) is 15.5. The van der Waals surface area contributed by atoms with E-state index in [1.165, 1.54) is 17.0 Å². The highest BCUT2D eigenvalue weighted by Gasteiger charge is 2.34. The van der Waals surface area contributed by atoms with Gasteiger partial charge in [0.1, 0.15) is 18.3 Å². The third kappa shape index (κ3) is 8.97. The van der Waals surface area contributed by atoms with E-state index in [1.54, 1.807) is 36.4 Å². The zero-order chi connectivity index (χ0) is 33.3. The maximum Gasteiger partial charge on any atom is 0.264 e. The van der Waals surface area contributed by atoms with Crippen molar-refractivity contribution in [1.29, 1.82) is 0 Å². The molecule has 0 bridgehead atoms. The molecule has 1 atom stereocenters. The van der Waals surface area contributed by atoms with Crippen LogP contribution in [0.25, 0.3) is 0 Å². The number of sulfonamides is 1. The van der Waals surface area contributed by atoms with Crippen molar-refractivity contribution in [2.24, 2.45) is 0 Å². The Bertz CT molecular complexity index is 1690. The summed E-state index contributed by atoms with van der Waals surface area (Å²) in [4.78, 5) is 29.8. The predicted molar refractivity (Wildman–Crippen MR) is 182 cm³/mol. The van der Waals surface area contributed by atoms with Crippen LogP contribution in [-0.4, -0.2) is 50.4 Å². The number of hydrogen-bond acceptors (Lipinski definition) is 5. The highest BCUT2D eigenvalue weighted by molar-refractivity contribution is 7.92. The number of rotatable bonds is 14. The second kappa shape index (κ2) is 15.6. The molecule has 8 nitrogen and oxygen atoms in total. The van der Waals surface area contributed by atoms with E-state index in [0.29, 0.717) is 18.0 Å². The Morgan fingerprint density at radius 1 is 0.783 bits per heavy atom. The second-order valence-electron chi connectivity index (χ2n) is 11.6. The van der Waals surface area contributed by atoms with Crippen LogP contribution in [0.4, 0.5) is 5.69 Å². The smallest absolute Gasteiger partial charge is 0.264 e. The number of ether oxygens (including phenoxy) is 1. The molecule has 0 radical (unpaired) electrons. The van der Waals surface area contributed by atoms with Crippen molar-refractivity contribution in [1.82, 2.24) is 10.2 Å². The number of carbonyl (C=O) groups is 2. The van der Waals surface area contributed by atoms with E-state index in [-0.39, 0.29) is 29.8 Å². The molecule has 0 aliphatic heterocycles. The minimum Gasteiger partial charge on any atom is -0.494 e. The third-order valence-electron chi connectivity index (χ3n) is 7.50. The normalized spacial score (nSPS) is 12.0. The number of hydrogen-bond donors (Lipinski definition) is 1. The lowest BCUT2D eigenvalue weighted by Gasteiger charge is -2.34. The van der Waals surface area contributed by atoms with Gasteiger partial charge in [-0.3, -0.25) is 13.9 Å². The zero-order valence-corrected chi connectivity index (χ0v) is 28.0. The molecule has 2 amide bonds. The first-order valence-corrected chi connectivity index (χ1v) is 16.9. The number of amides is 2. The molecule has 0 unspecified atom stereocenters. The van der Waals surface area contributed by atoms with Gasteiger partial charge in [-0.15, -0.1) is 0 Å². The fourth-order valence-electron chi connectivity index (χ4n) is 5.07. The van der Waals surface area contributed by atoms with E-state index in [9.17, 15) is 18.0 Å². The molecule has 1 N–H and O–H groups in total. The van der Waals surface area contributed by atoms with Crippen LogP contribution in [0, 0.1) is 13.8 Å². The van der Waals surface area contributed by atoms with Crippen molar-refractivity contribution in [3.05, 3.63) is 125 Å². The topological polar surface area (TPSA) is 96.0 Å². The summed E-state index contributed by atoms with van der Waals surface area (Å²) in [6.45, 7) is 9.53. The van der Waals surface area contributed by atoms with Crippen molar-refractivity contribution < 1.29 is 22.7 Å². The molecule has 0 heterocycles. The third-order valence-corrected chi connectivity index (χ3v) is 9.29. The fraction of sp³-hybridized carbons (Fsp3) is 0.297. The lowest BCUT2D eigenvalue weighted by atomic mass is 10.0. The van der Waals surface area contributed by atoms with Gasteiger partial charge in [-0.2, -0.15) is 0 Å². The van der Waals surface area contributed by atoms with Gasteiger partial charge >= 0.3 is 0 Å². The van der Waals surface area contributed by atoms with Gasteiger partial charge in [0, 0.05) is 19.0 Å². The standard InChI is InChI=1S/C37H43N3O5S/c1-6-45-33-20-22-34(23-21-33)46(43,44)40(32-18-14-29(5)15-19-32)26-36(41)39(25-31-16-12-28(4)13-17-31)35(37(42)38-27(2)3)24-30-10-8-7-9-11-30/h7-23,27,35H,6,24-26H2,1-5H3,(H,38,42)/t35-/m0/s1. The number of nitrogens with zero attached hydrogens (tertiary/aromatic N) is 2. The molecule has 46 heavy (non-hydrogen) atoms. The van der Waals surface area contributed by atoms with Crippen LogP contribution in [0.1, 0.15) is 43.0 Å². The Morgan fingerprint density at radius 2 is 1.37 bits per heavy atom. The molecule has 4 rings (SSSR count). The molecule has 9 heteroatoms. The van der Waals surface area contributed by atoms with Crippen molar-refractivity contribution >= 4 is 27.5 Å². The van der Waals surface area contributed by atoms with Crippen LogP contribution in [0.3, 0.4) is 0 Å². The maximum absolute atomic E-state index is 14.5. The molecule has 0 saturated heterocycles. The van der Waals surface area contributed by atoms with Crippen molar-refractivity contribution in [2.75, 3.05) is 17.5 Å². The lowest BCUT2D eigenvalue weighted by molar-refractivity contribution is -0.140. The SMILES string of the molecule is CCOc1ccc(S(=O)(=O)N(CC(=O)N(Cc2ccc(C)cc2)[C@@H](Cc2ccccc2)C(=O)NC(C)C)c2ccc(C)cc2)cc1. The summed E-state index contributed by atoms with van der Waals surface area (Å²) in [5, 5.41) is 2.98. The van der Waals surface area contributed by atoms with Crippen LogP contribution in [0.2, 0.25) is 0 Å². The molecule has 242 valence electrons. The van der Waals surface area contributed by atoms with Gasteiger partial charge in [0.15, 0.2) is 0 Å². The molecule has 0 aliphatic rings. The number of aryl methyl sites for hydroxylation is 2. The summed E-state index contributed by atoms with van der Waals surface area (Å²) in [6, 6.07) is 29.3. The minimum absolute atomic E-state index is 0.0211. The summed E-state index contributed by atoms with van der Waals surface area (Å²) in [5.41, 5.74) is 4.06. The molecule has 4 aromatic carbocycles. The monoisotopic (exact) mass is 641 g/mol. The summed E-state index contributed by atoms with van der Waals surface area (Å²) in [7, 11) is -4.20. The highest BCUT2D eigenvalue weighted by Crippen LogP contribution is 2.27. The Hall–Kier alpha value is -4.63. The minimum atomic E-state index is -4.20. The molecule has 4 aromatic rings. The van der Waals surface area contributed by atoms with Crippen molar-refractivity contribution in [3.8, 4) is 5.75 Å². The second-order valence-corrected chi connectivity index (χ2v) is 13.5. The van der Waals surface area contributed by atoms with Gasteiger partial charge in [0.2, 0.25) is 11.8 Å². The summed E-state index contributed by atoms with van der Waals surface area (Å²) in [6.07, 6.45) is 0.257. The summed E-state index contributed by atoms with van der Waals surface area (Å²) < 4.78 is 35.1. The number of carbonyl (C=O) groups excluding carboxylic acids is 2. The first kappa shape index (κ1) is 34.2. The number of anilines is 1. The molecule has 0 aromatic heterocycles. The summed E-state index contributed by atoms with van der Waals surface area (Å²) >= 11 is 0. The van der Waals surface area contributed by atoms with Gasteiger partial charge in [-0.1, -0.05) is 77.9 Å². The largest absolute Gasteiger partial charge is 0.494 e. The number of benzene rings is 4. The van der Waals surface area contributed by atoms with Gasteiger partial charge in [-0.05, 0) is 82.1 Å². The molecule has 0 fully saturated rings. The molecule has 0 saturated carbocycles. The first-order chi connectivity index (χ1) is 22.0. The molecular formula is C37H43N3O5S. The average Bonchev–Trinajstić information content (AvgIpc) is 3.03. The highest BCUT2D eigenvalue weighted by atomic mass is 32.2. The van der Waals surface area contributed by atoms with E-state index in [4.69, 9.17) is 4.74 Å². The van der Waals surface area contributed by atoms with Gasteiger partial charge in [0.25, 0.3) is 10.0 Å². The van der Waals surface area contributed by atoms with E-state index in [1.807, 2.05) is 89.2 Å². The van der Waals surface area contributed by atoms with Crippen molar-refractivity contribution in [2.45, 2.75) is 64.6 Å². The van der Waals surface area contributed by atoms with E-state index in [0.717, 1.165) is 26.6 Å². The number of nitrogens with one attached hydrogen (secondary N) is 1. The van der Waals surface area contributed by atoms with Crippen LogP contribution in [-0.2, 0) is 32.6 Å². The Balaban J connectivity index is 1.79. The van der Waals surface area contributed by atoms with Crippen LogP contribution < -0.4 is 14.4 Å². The molecule has 0 spiro atoms. The quantitative estimate of drug-likeness (QED) is 0.181. The maximum atomic E-state index is 14.5. The lowest BCUT2D eigenvalue weighted by Crippen LogP contribution is -2.54. The Morgan fingerprint density at radius 3 is 1.93 bits per heavy atom. The van der Waals surface area contributed by atoms with Gasteiger partial charge < -0.3 is 15.0 Å². The predicted octanol–water partition coefficient (Wildman–Crippen LogP) is 6.06. The zero-order valence-electron chi connectivity index (χ0n) is 27.1. The Labute approximate surface area is 273 Å². The van der Waals surface area contributed by atoms with E-state index < -0.39 is 28.5 Å². The van der Waals surface area contributed by atoms with Crippen molar-refractivity contribution in [3.63, 3.8) is 0 Å². The molecule has 0 aliphatic carbocycles. The van der Waals surface area contributed by atoms with Gasteiger partial charge in [-0.25, -0.2) is 8.42 Å². The molecular weight excluding hydrogens is 598 g/mol. The fourth-order valence-corrected chi connectivity index (χ4v) is 6.48. The van der Waals surface area contributed by atoms with Crippen LogP contribution in [0.5, 0.6) is 5.75 Å². The van der Waals surface area contributed by atoms with E-state index in [2.05, 4.69) is 5.32 Å². The Kier molecular flexibility index (Phi) is 11.6. The summed E-state index contributed by atoms with van der Waals surface area (Å²) in [5.74, 6) is -0.269.